The number of piperidine rings is 1. The number of hydrogen-bond donors (Lipinski definition) is 2. The number of hydrogen-bond acceptors (Lipinski definition) is 3. The fourth-order valence-corrected chi connectivity index (χ4v) is 3.05. The van der Waals surface area contributed by atoms with E-state index in [2.05, 4.69) is 5.32 Å². The normalized spacial score (nSPS) is 19.0. The molecule has 0 unspecified atom stereocenters. The predicted molar refractivity (Wildman–Crippen MR) is 63.0 cm³/mol. The molecule has 2 N–H and O–H groups in total. The molecule has 4 nitrogen and oxygen atoms in total. The van der Waals surface area contributed by atoms with Gasteiger partial charge in [-0.2, -0.15) is 8.78 Å². The Bertz CT molecular complexity index is 370. The van der Waals surface area contributed by atoms with Gasteiger partial charge < -0.3 is 5.32 Å². The second-order valence-electron chi connectivity index (χ2n) is 4.68. The zero-order chi connectivity index (χ0) is 14.5. The third-order valence-corrected chi connectivity index (χ3v) is 4.46. The first kappa shape index (κ1) is 16.6. The first-order valence-electron chi connectivity index (χ1n) is 6.07. The van der Waals surface area contributed by atoms with E-state index in [1.165, 1.54) is 0 Å². The van der Waals surface area contributed by atoms with Crippen LogP contribution in [0.2, 0.25) is 0 Å². The molecule has 0 spiro atoms. The molecule has 0 radical (unpaired) electrons. The molecule has 9 heteroatoms. The van der Waals surface area contributed by atoms with Crippen molar-refractivity contribution < 1.29 is 26.0 Å². The molecule has 0 saturated carbocycles. The monoisotopic (exact) mass is 306 g/mol. The van der Waals surface area contributed by atoms with Crippen molar-refractivity contribution in [2.24, 2.45) is 5.92 Å². The third kappa shape index (κ3) is 6.05. The van der Waals surface area contributed by atoms with E-state index in [0.29, 0.717) is 6.42 Å². The molecule has 0 aromatic carbocycles. The van der Waals surface area contributed by atoms with Gasteiger partial charge >= 0.3 is 12.3 Å². The summed E-state index contributed by atoms with van der Waals surface area (Å²) in [6, 6.07) is 0. The summed E-state index contributed by atoms with van der Waals surface area (Å²) >= 11 is 0. The summed E-state index contributed by atoms with van der Waals surface area (Å²) in [5.41, 5.74) is 0. The molecule has 1 aliphatic heterocycles. The Morgan fingerprint density at radius 3 is 2.37 bits per heavy atom. The van der Waals surface area contributed by atoms with Crippen LogP contribution in [0.5, 0.6) is 0 Å². The largest absolute Gasteiger partial charge is 0.320 e. The van der Waals surface area contributed by atoms with Crippen LogP contribution in [0, 0.1) is 5.92 Å². The topological polar surface area (TPSA) is 58.2 Å². The van der Waals surface area contributed by atoms with E-state index in [1.54, 1.807) is 4.72 Å². The highest BCUT2D eigenvalue weighted by Gasteiger charge is 2.41. The van der Waals surface area contributed by atoms with Crippen LogP contribution in [0.3, 0.4) is 0 Å². The van der Waals surface area contributed by atoms with Crippen LogP contribution in [-0.4, -0.2) is 46.2 Å². The van der Waals surface area contributed by atoms with Crippen LogP contribution in [0.4, 0.5) is 17.6 Å². The van der Waals surface area contributed by atoms with Crippen molar-refractivity contribution >= 4 is 10.0 Å². The van der Waals surface area contributed by atoms with Crippen molar-refractivity contribution in [3.05, 3.63) is 0 Å². The average Bonchev–Trinajstić information content (AvgIpc) is 2.36. The van der Waals surface area contributed by atoms with Gasteiger partial charge in [0.25, 0.3) is 0 Å². The lowest BCUT2D eigenvalue weighted by atomic mass is 9.96. The maximum atomic E-state index is 12.6. The summed E-state index contributed by atoms with van der Waals surface area (Å²) in [5, 5.41) is 3.12. The standard InChI is InChI=1S/C10H18F4N2O2S/c11-9(12)10(13,14)7-16-19(17,18)6-3-8-1-4-15-5-2-8/h8-9,15-16H,1-7H2. The maximum Gasteiger partial charge on any atom is 0.320 e. The van der Waals surface area contributed by atoms with Crippen LogP contribution in [-0.2, 0) is 10.0 Å². The fourth-order valence-electron chi connectivity index (χ4n) is 1.85. The zero-order valence-electron chi connectivity index (χ0n) is 10.3. The summed E-state index contributed by atoms with van der Waals surface area (Å²) in [4.78, 5) is 0. The highest BCUT2D eigenvalue weighted by atomic mass is 32.2. The van der Waals surface area contributed by atoms with Gasteiger partial charge in [-0.15, -0.1) is 0 Å². The minimum absolute atomic E-state index is 0.230. The number of nitrogens with one attached hydrogen (secondary N) is 2. The van der Waals surface area contributed by atoms with Crippen molar-refractivity contribution in [2.75, 3.05) is 25.4 Å². The summed E-state index contributed by atoms with van der Waals surface area (Å²) in [6.07, 6.45) is -1.84. The third-order valence-electron chi connectivity index (χ3n) is 3.10. The molecule has 0 aromatic rings. The highest BCUT2D eigenvalue weighted by molar-refractivity contribution is 7.89. The van der Waals surface area contributed by atoms with Gasteiger partial charge in [-0.05, 0) is 38.3 Å². The highest BCUT2D eigenvalue weighted by Crippen LogP contribution is 2.22. The molecule has 0 bridgehead atoms. The Morgan fingerprint density at radius 2 is 1.84 bits per heavy atom. The van der Waals surface area contributed by atoms with Gasteiger partial charge in [-0.3, -0.25) is 0 Å². The van der Waals surface area contributed by atoms with E-state index >= 15 is 0 Å². The van der Waals surface area contributed by atoms with Crippen molar-refractivity contribution in [1.82, 2.24) is 10.0 Å². The minimum atomic E-state index is -4.33. The summed E-state index contributed by atoms with van der Waals surface area (Å²) in [5.74, 6) is -4.41. The van der Waals surface area contributed by atoms with Gasteiger partial charge in [0, 0.05) is 0 Å². The molecule has 114 valence electrons. The van der Waals surface area contributed by atoms with Crippen LogP contribution in [0.25, 0.3) is 0 Å². The van der Waals surface area contributed by atoms with Crippen molar-refractivity contribution in [3.63, 3.8) is 0 Å². The van der Waals surface area contributed by atoms with Gasteiger partial charge in [0.2, 0.25) is 10.0 Å². The minimum Gasteiger partial charge on any atom is -0.317 e. The van der Waals surface area contributed by atoms with E-state index in [9.17, 15) is 26.0 Å². The molecular weight excluding hydrogens is 288 g/mol. The summed E-state index contributed by atoms with van der Waals surface area (Å²) in [6.45, 7) is 0.0580. The molecular formula is C10H18F4N2O2S. The zero-order valence-corrected chi connectivity index (χ0v) is 11.2. The lowest BCUT2D eigenvalue weighted by Gasteiger charge is -2.22. The first-order chi connectivity index (χ1) is 8.73. The van der Waals surface area contributed by atoms with Gasteiger partial charge in [-0.25, -0.2) is 21.9 Å². The number of sulfonamides is 1. The Balaban J connectivity index is 2.35. The van der Waals surface area contributed by atoms with Gasteiger partial charge in [0.1, 0.15) is 0 Å². The van der Waals surface area contributed by atoms with E-state index in [1.807, 2.05) is 0 Å². The Kier molecular flexibility index (Phi) is 6.00. The van der Waals surface area contributed by atoms with Crippen molar-refractivity contribution in [2.45, 2.75) is 31.6 Å². The van der Waals surface area contributed by atoms with E-state index < -0.39 is 28.9 Å². The average molecular weight is 306 g/mol. The Labute approximate surface area is 110 Å². The number of alkyl halides is 4. The Hall–Kier alpha value is -0.410. The number of rotatable bonds is 7. The second kappa shape index (κ2) is 6.85. The fraction of sp³-hybridized carbons (Fsp3) is 1.00. The van der Waals surface area contributed by atoms with E-state index in [-0.39, 0.29) is 11.7 Å². The van der Waals surface area contributed by atoms with Gasteiger partial charge in [0.05, 0.1) is 12.3 Å². The van der Waals surface area contributed by atoms with Crippen LogP contribution in [0.15, 0.2) is 0 Å². The molecule has 0 aliphatic carbocycles. The lowest BCUT2D eigenvalue weighted by molar-refractivity contribution is -0.122. The summed E-state index contributed by atoms with van der Waals surface area (Å²) in [7, 11) is -3.93. The molecule has 0 aromatic heterocycles. The predicted octanol–water partition coefficient (Wildman–Crippen LogP) is 1.20. The molecule has 0 atom stereocenters. The van der Waals surface area contributed by atoms with Crippen molar-refractivity contribution in [3.8, 4) is 0 Å². The SMILES string of the molecule is O=S(=O)(CCC1CCNCC1)NCC(F)(F)C(F)F. The Morgan fingerprint density at radius 1 is 1.26 bits per heavy atom. The quantitative estimate of drug-likeness (QED) is 0.695. The second-order valence-corrected chi connectivity index (χ2v) is 6.61. The van der Waals surface area contributed by atoms with Crippen LogP contribution < -0.4 is 10.0 Å². The lowest BCUT2D eigenvalue weighted by Crippen LogP contribution is -2.42. The summed E-state index contributed by atoms with van der Waals surface area (Å²) < 4.78 is 73.3. The number of halogens is 4. The molecule has 1 fully saturated rings. The molecule has 1 aliphatic rings. The van der Waals surface area contributed by atoms with E-state index in [4.69, 9.17) is 0 Å². The molecule has 1 saturated heterocycles. The first-order valence-corrected chi connectivity index (χ1v) is 7.72. The molecule has 1 rings (SSSR count). The van der Waals surface area contributed by atoms with E-state index in [0.717, 1.165) is 25.9 Å². The molecule has 19 heavy (non-hydrogen) atoms. The van der Waals surface area contributed by atoms with Gasteiger partial charge in [-0.1, -0.05) is 0 Å². The maximum absolute atomic E-state index is 12.6. The van der Waals surface area contributed by atoms with Gasteiger partial charge in [0.15, 0.2) is 0 Å². The van der Waals surface area contributed by atoms with Crippen LogP contribution in [0.1, 0.15) is 19.3 Å². The smallest absolute Gasteiger partial charge is 0.317 e. The molecule has 1 heterocycles. The molecule has 0 amide bonds. The van der Waals surface area contributed by atoms with Crippen LogP contribution >= 0.6 is 0 Å². The van der Waals surface area contributed by atoms with Crippen molar-refractivity contribution in [1.29, 1.82) is 0 Å².